The molecule has 0 aromatic heterocycles. The third-order valence-electron chi connectivity index (χ3n) is 4.49. The molecule has 1 heterocycles. The van der Waals surface area contributed by atoms with Gasteiger partial charge in [0.2, 0.25) is 17.7 Å². The van der Waals surface area contributed by atoms with Gasteiger partial charge >= 0.3 is 5.97 Å². The number of aliphatic hydroxyl groups is 1. The molecule has 1 aliphatic heterocycles. The van der Waals surface area contributed by atoms with Crippen LogP contribution in [0.5, 0.6) is 0 Å². The second kappa shape index (κ2) is 11.2. The molecule has 1 rings (SSSR count). The molecule has 11 heteroatoms. The van der Waals surface area contributed by atoms with Crippen molar-refractivity contribution in [2.24, 2.45) is 11.7 Å². The maximum Gasteiger partial charge on any atom is 0.326 e. The number of nitrogens with one attached hydrogen (secondary N) is 2. The summed E-state index contributed by atoms with van der Waals surface area (Å²) in [6.45, 7) is 3.30. The van der Waals surface area contributed by atoms with Gasteiger partial charge in [0.1, 0.15) is 18.1 Å². The lowest BCUT2D eigenvalue weighted by Crippen LogP contribution is -2.58. The minimum atomic E-state index is -1.24. The third-order valence-corrected chi connectivity index (χ3v) is 4.88. The van der Waals surface area contributed by atoms with Crippen molar-refractivity contribution in [3.05, 3.63) is 0 Å². The van der Waals surface area contributed by atoms with E-state index < -0.39 is 54.5 Å². The molecule has 0 radical (unpaired) electrons. The molecule has 0 spiro atoms. The summed E-state index contributed by atoms with van der Waals surface area (Å²) >= 11 is 3.91. The summed E-state index contributed by atoms with van der Waals surface area (Å²) in [6.07, 6.45) is 1.18. The second-order valence-corrected chi connectivity index (χ2v) is 7.62. The standard InChI is InChI=1S/C17H30N4O6S/c1-9(2)6-11(17(26)27)19-15(24)13-4-3-5-21(13)16(25)12(7-22)20-14(23)10(18)8-28/h9-13,22,28H,3-8,18H2,1-2H3,(H,19,24)(H,20,23)(H,26,27). The van der Waals surface area contributed by atoms with E-state index in [4.69, 9.17) is 5.73 Å². The zero-order valence-corrected chi connectivity index (χ0v) is 17.0. The molecule has 6 N–H and O–H groups in total. The average Bonchev–Trinajstić information content (AvgIpc) is 3.13. The van der Waals surface area contributed by atoms with E-state index in [1.807, 2.05) is 13.8 Å². The molecule has 0 aliphatic carbocycles. The summed E-state index contributed by atoms with van der Waals surface area (Å²) in [6, 6.07) is -4.08. The predicted octanol–water partition coefficient (Wildman–Crippen LogP) is -1.67. The number of hydrogen-bond donors (Lipinski definition) is 6. The Kier molecular flexibility index (Phi) is 9.70. The van der Waals surface area contributed by atoms with Crippen LogP contribution >= 0.6 is 12.6 Å². The topological polar surface area (TPSA) is 162 Å². The van der Waals surface area contributed by atoms with E-state index in [1.54, 1.807) is 0 Å². The van der Waals surface area contributed by atoms with Gasteiger partial charge in [-0.2, -0.15) is 12.6 Å². The number of carbonyl (C=O) groups is 4. The number of amides is 3. The first-order chi connectivity index (χ1) is 13.1. The van der Waals surface area contributed by atoms with Gasteiger partial charge in [0, 0.05) is 12.3 Å². The number of carboxylic acids is 1. The summed E-state index contributed by atoms with van der Waals surface area (Å²) in [5.41, 5.74) is 5.56. The molecule has 1 fully saturated rings. The quantitative estimate of drug-likeness (QED) is 0.231. The molecule has 0 bridgehead atoms. The minimum Gasteiger partial charge on any atom is -0.480 e. The Morgan fingerprint density at radius 3 is 2.36 bits per heavy atom. The number of nitrogens with zero attached hydrogens (tertiary/aromatic N) is 1. The Morgan fingerprint density at radius 1 is 1.21 bits per heavy atom. The Morgan fingerprint density at radius 2 is 1.86 bits per heavy atom. The van der Waals surface area contributed by atoms with Gasteiger partial charge in [0.05, 0.1) is 12.6 Å². The van der Waals surface area contributed by atoms with Crippen LogP contribution in [0.2, 0.25) is 0 Å². The van der Waals surface area contributed by atoms with Gasteiger partial charge in [-0.15, -0.1) is 0 Å². The fourth-order valence-corrected chi connectivity index (χ4v) is 3.18. The van der Waals surface area contributed by atoms with Crippen molar-refractivity contribution < 1.29 is 29.4 Å². The summed E-state index contributed by atoms with van der Waals surface area (Å²) in [5, 5.41) is 23.6. The van der Waals surface area contributed by atoms with E-state index in [-0.39, 0.29) is 24.6 Å². The highest BCUT2D eigenvalue weighted by Gasteiger charge is 2.39. The smallest absolute Gasteiger partial charge is 0.326 e. The van der Waals surface area contributed by atoms with Crippen LogP contribution in [0.4, 0.5) is 0 Å². The van der Waals surface area contributed by atoms with E-state index in [0.717, 1.165) is 0 Å². The molecule has 28 heavy (non-hydrogen) atoms. The van der Waals surface area contributed by atoms with Gasteiger partial charge in [-0.05, 0) is 25.2 Å². The Balaban J connectivity index is 2.83. The summed E-state index contributed by atoms with van der Waals surface area (Å²) in [7, 11) is 0. The fraction of sp³-hybridized carbons (Fsp3) is 0.765. The Bertz CT molecular complexity index is 588. The summed E-state index contributed by atoms with van der Waals surface area (Å²) in [4.78, 5) is 49.9. The Hall–Kier alpha value is -1.85. The van der Waals surface area contributed by atoms with Crippen LogP contribution in [0.1, 0.15) is 33.1 Å². The van der Waals surface area contributed by atoms with E-state index in [9.17, 15) is 29.4 Å². The largest absolute Gasteiger partial charge is 0.480 e. The van der Waals surface area contributed by atoms with E-state index in [2.05, 4.69) is 23.3 Å². The van der Waals surface area contributed by atoms with E-state index >= 15 is 0 Å². The zero-order chi connectivity index (χ0) is 21.4. The van der Waals surface area contributed by atoms with Crippen molar-refractivity contribution in [3.8, 4) is 0 Å². The first-order valence-electron chi connectivity index (χ1n) is 9.23. The van der Waals surface area contributed by atoms with Crippen molar-refractivity contribution >= 4 is 36.3 Å². The minimum absolute atomic E-state index is 0.0627. The highest BCUT2D eigenvalue weighted by molar-refractivity contribution is 7.80. The number of aliphatic carboxylic acids is 1. The van der Waals surface area contributed by atoms with Crippen molar-refractivity contribution in [1.82, 2.24) is 15.5 Å². The highest BCUT2D eigenvalue weighted by atomic mass is 32.1. The molecule has 4 unspecified atom stereocenters. The lowest BCUT2D eigenvalue weighted by molar-refractivity contribution is -0.145. The number of hydrogen-bond acceptors (Lipinski definition) is 7. The summed E-state index contributed by atoms with van der Waals surface area (Å²) < 4.78 is 0. The van der Waals surface area contributed by atoms with E-state index in [1.165, 1.54) is 4.90 Å². The average molecular weight is 419 g/mol. The first-order valence-corrected chi connectivity index (χ1v) is 9.86. The zero-order valence-electron chi connectivity index (χ0n) is 16.1. The molecule has 3 amide bonds. The van der Waals surface area contributed by atoms with Crippen LogP contribution in [0.25, 0.3) is 0 Å². The lowest BCUT2D eigenvalue weighted by Gasteiger charge is -2.29. The SMILES string of the molecule is CC(C)CC(NC(=O)C1CCCN1C(=O)C(CO)NC(=O)C(N)CS)C(=O)O. The van der Waals surface area contributed by atoms with Crippen LogP contribution < -0.4 is 16.4 Å². The molecule has 0 aromatic carbocycles. The van der Waals surface area contributed by atoms with Crippen LogP contribution in [0, 0.1) is 5.92 Å². The number of carbonyl (C=O) groups excluding carboxylic acids is 3. The van der Waals surface area contributed by atoms with Crippen LogP contribution in [0.3, 0.4) is 0 Å². The Labute approximate surface area is 169 Å². The number of carboxylic acid groups (broad SMARTS) is 1. The van der Waals surface area contributed by atoms with Gasteiger partial charge in [-0.1, -0.05) is 13.8 Å². The third kappa shape index (κ3) is 6.64. The molecular weight excluding hydrogens is 388 g/mol. The van der Waals surface area contributed by atoms with Gasteiger partial charge in [0.15, 0.2) is 0 Å². The van der Waals surface area contributed by atoms with E-state index in [0.29, 0.717) is 12.8 Å². The summed E-state index contributed by atoms with van der Waals surface area (Å²) in [5.74, 6) is -2.82. The van der Waals surface area contributed by atoms with Crippen LogP contribution in [-0.2, 0) is 19.2 Å². The molecular formula is C17H30N4O6S. The van der Waals surface area contributed by atoms with Crippen LogP contribution in [0.15, 0.2) is 0 Å². The van der Waals surface area contributed by atoms with Gasteiger partial charge in [-0.3, -0.25) is 14.4 Å². The van der Waals surface area contributed by atoms with Crippen molar-refractivity contribution in [2.45, 2.75) is 57.3 Å². The molecule has 1 saturated heterocycles. The molecule has 4 atom stereocenters. The van der Waals surface area contributed by atoms with Crippen molar-refractivity contribution in [1.29, 1.82) is 0 Å². The number of aliphatic hydroxyl groups excluding tert-OH is 1. The fourth-order valence-electron chi connectivity index (χ4n) is 3.01. The van der Waals surface area contributed by atoms with Gasteiger partial charge in [0.25, 0.3) is 0 Å². The lowest BCUT2D eigenvalue weighted by atomic mass is 10.0. The highest BCUT2D eigenvalue weighted by Crippen LogP contribution is 2.19. The maximum atomic E-state index is 12.7. The molecule has 160 valence electrons. The first kappa shape index (κ1) is 24.2. The second-order valence-electron chi connectivity index (χ2n) is 7.25. The van der Waals surface area contributed by atoms with Crippen molar-refractivity contribution in [2.75, 3.05) is 18.9 Å². The molecule has 1 aliphatic rings. The predicted molar refractivity (Wildman–Crippen MR) is 105 cm³/mol. The van der Waals surface area contributed by atoms with Gasteiger partial charge < -0.3 is 31.5 Å². The van der Waals surface area contributed by atoms with Crippen molar-refractivity contribution in [3.63, 3.8) is 0 Å². The molecule has 10 nitrogen and oxygen atoms in total. The number of likely N-dealkylation sites (tertiary alicyclic amines) is 1. The number of thiol groups is 1. The van der Waals surface area contributed by atoms with Crippen LogP contribution in [-0.4, -0.2) is 81.9 Å². The monoisotopic (exact) mass is 418 g/mol. The maximum absolute atomic E-state index is 12.7. The molecule has 0 saturated carbocycles. The van der Waals surface area contributed by atoms with Gasteiger partial charge in [-0.25, -0.2) is 4.79 Å². The normalized spacial score (nSPS) is 19.8. The number of rotatable bonds is 10. The number of nitrogens with two attached hydrogens (primary N) is 1. The molecule has 0 aromatic rings.